The van der Waals surface area contributed by atoms with Crippen molar-refractivity contribution in [2.24, 2.45) is 5.11 Å². The fraction of sp³-hybridized carbons (Fsp3) is 0.455. The van der Waals surface area contributed by atoms with Gasteiger partial charge in [0, 0.05) is 18.8 Å². The van der Waals surface area contributed by atoms with Crippen molar-refractivity contribution in [3.05, 3.63) is 23.8 Å². The molecule has 0 amide bonds. The Morgan fingerprint density at radius 3 is 1.95 bits per heavy atom. The van der Waals surface area contributed by atoms with Gasteiger partial charge in [-0.1, -0.05) is 0 Å². The van der Waals surface area contributed by atoms with E-state index in [-0.39, 0.29) is 0 Å². The van der Waals surface area contributed by atoms with E-state index in [4.69, 9.17) is 5.53 Å². The summed E-state index contributed by atoms with van der Waals surface area (Å²) < 4.78 is 39.0. The summed E-state index contributed by atoms with van der Waals surface area (Å²) in [6.07, 6.45) is 0. The second kappa shape index (κ2) is 7.76. The number of nitrogens with zero attached hydrogens (tertiary/aromatic N) is 2. The monoisotopic (exact) mass is 279 g/mol. The fourth-order valence-electron chi connectivity index (χ4n) is 1.57. The van der Waals surface area contributed by atoms with E-state index in [1.54, 1.807) is 0 Å². The van der Waals surface area contributed by atoms with E-state index >= 15 is 0 Å². The minimum Gasteiger partial charge on any atom is -0.418 e. The molecule has 0 bridgehead atoms. The first-order valence-corrected chi connectivity index (χ1v) is 5.86. The Hall–Kier alpha value is -1.60. The van der Waals surface area contributed by atoms with E-state index in [1.165, 1.54) is 5.69 Å². The van der Waals surface area contributed by atoms with Gasteiger partial charge in [0.1, 0.15) is 5.69 Å². The zero-order chi connectivity index (χ0) is 15.1. The largest absolute Gasteiger partial charge is 0.673 e. The molecule has 0 radical (unpaired) electrons. The quantitative estimate of drug-likeness (QED) is 0.514. The number of rotatable bonds is 4. The third kappa shape index (κ3) is 7.43. The Morgan fingerprint density at radius 2 is 1.63 bits per heavy atom. The minimum absolute atomic E-state index is 0.862. The highest BCUT2D eigenvalue weighted by molar-refractivity contribution is 6.50. The van der Waals surface area contributed by atoms with E-state index in [9.17, 15) is 17.3 Å². The van der Waals surface area contributed by atoms with Crippen molar-refractivity contribution in [2.45, 2.75) is 20.8 Å². The molecule has 0 aliphatic rings. The first-order valence-electron chi connectivity index (χ1n) is 5.86. The maximum atomic E-state index is 9.75. The van der Waals surface area contributed by atoms with Crippen LogP contribution in [0.4, 0.5) is 28.6 Å². The maximum Gasteiger partial charge on any atom is 0.673 e. The van der Waals surface area contributed by atoms with Gasteiger partial charge < -0.3 is 22.2 Å². The van der Waals surface area contributed by atoms with Crippen molar-refractivity contribution in [1.29, 1.82) is 0 Å². The van der Waals surface area contributed by atoms with E-state index in [0.717, 1.165) is 24.3 Å². The molecule has 0 aliphatic carbocycles. The Labute approximate surface area is 110 Å². The van der Waals surface area contributed by atoms with Crippen LogP contribution in [0.3, 0.4) is 0 Å². The topological polar surface area (TPSA) is 41.2 Å². The number of aryl methyl sites for hydroxylation is 1. The summed E-state index contributed by atoms with van der Waals surface area (Å²) in [5.41, 5.74) is 8.47. The van der Waals surface area contributed by atoms with Crippen LogP contribution in [-0.4, -0.2) is 20.3 Å². The van der Waals surface area contributed by atoms with E-state index in [0.29, 0.717) is 0 Å². The molecule has 19 heavy (non-hydrogen) atoms. The lowest BCUT2D eigenvalue weighted by Crippen LogP contribution is -2.23. The zero-order valence-corrected chi connectivity index (χ0v) is 11.2. The summed E-state index contributed by atoms with van der Waals surface area (Å²) >= 11 is 0. The molecule has 0 unspecified atom stereocenters. The summed E-state index contributed by atoms with van der Waals surface area (Å²) in [6.45, 7) is 8.38. The van der Waals surface area contributed by atoms with Gasteiger partial charge in [-0.3, -0.25) is 0 Å². The highest BCUT2D eigenvalue weighted by Crippen LogP contribution is 2.23. The van der Waals surface area contributed by atoms with Gasteiger partial charge in [-0.2, -0.15) is 5.53 Å². The lowest BCUT2D eigenvalue weighted by atomic mass is 10.1. The average Bonchev–Trinajstić information content (AvgIpc) is 2.29. The van der Waals surface area contributed by atoms with Gasteiger partial charge in [0.05, 0.1) is 0 Å². The standard InChI is InChI=1S/C11H17N3.BF4/c1-4-14(5-2)10-6-7-11(13-12)9(3)8-10;2-1(3,4)5/h6-8,12H,4-5H2,1-3H3;/q;-1/p+1. The van der Waals surface area contributed by atoms with Crippen LogP contribution in [0.5, 0.6) is 0 Å². The van der Waals surface area contributed by atoms with Gasteiger partial charge in [0.2, 0.25) is 0 Å². The predicted octanol–water partition coefficient (Wildman–Crippen LogP) is 2.98. The Kier molecular flexibility index (Phi) is 7.10. The lowest BCUT2D eigenvalue weighted by Gasteiger charge is -2.21. The van der Waals surface area contributed by atoms with Crippen LogP contribution in [0.15, 0.2) is 23.3 Å². The van der Waals surface area contributed by atoms with Crippen molar-refractivity contribution in [1.82, 2.24) is 0 Å². The molecule has 1 aromatic carbocycles. The van der Waals surface area contributed by atoms with Gasteiger partial charge in [-0.25, -0.2) is 0 Å². The number of anilines is 1. The van der Waals surface area contributed by atoms with Crippen LogP contribution in [0.2, 0.25) is 0 Å². The molecule has 0 heterocycles. The van der Waals surface area contributed by atoms with Gasteiger partial charge in [0.25, 0.3) is 0 Å². The normalized spacial score (nSPS) is 10.5. The molecule has 108 valence electrons. The van der Waals surface area contributed by atoms with Gasteiger partial charge in [-0.05, 0) is 49.6 Å². The highest BCUT2D eigenvalue weighted by atomic mass is 19.5. The van der Waals surface area contributed by atoms with Crippen LogP contribution in [0.1, 0.15) is 19.4 Å². The third-order valence-electron chi connectivity index (χ3n) is 2.45. The zero-order valence-electron chi connectivity index (χ0n) is 11.2. The molecule has 0 saturated carbocycles. The fourth-order valence-corrected chi connectivity index (χ4v) is 1.57. The van der Waals surface area contributed by atoms with Gasteiger partial charge in [-0.15, -0.1) is 0 Å². The summed E-state index contributed by atoms with van der Waals surface area (Å²) in [5.74, 6) is 0. The van der Waals surface area contributed by atoms with Crippen LogP contribution >= 0.6 is 0 Å². The number of hydrogen-bond donors (Lipinski definition) is 1. The van der Waals surface area contributed by atoms with Crippen molar-refractivity contribution >= 4 is 18.6 Å². The molecule has 0 aliphatic heterocycles. The average molecular weight is 279 g/mol. The lowest BCUT2D eigenvalue weighted by molar-refractivity contribution is -0.210. The molecule has 0 aromatic heterocycles. The van der Waals surface area contributed by atoms with Crippen molar-refractivity contribution in [3.8, 4) is 0 Å². The van der Waals surface area contributed by atoms with Crippen LogP contribution in [0.25, 0.3) is 0 Å². The number of halogens is 4. The van der Waals surface area contributed by atoms with E-state index < -0.39 is 7.25 Å². The molecule has 2 N–H and O–H groups in total. The van der Waals surface area contributed by atoms with Crippen molar-refractivity contribution in [2.75, 3.05) is 18.0 Å². The smallest absolute Gasteiger partial charge is 0.418 e. The molecule has 1 rings (SSSR count). The highest BCUT2D eigenvalue weighted by Gasteiger charge is 2.20. The van der Waals surface area contributed by atoms with Crippen LogP contribution in [0, 0.1) is 6.92 Å². The number of hydrogen-bond acceptors (Lipinski definition) is 2. The van der Waals surface area contributed by atoms with E-state index in [1.807, 2.05) is 13.0 Å². The molecule has 0 fully saturated rings. The summed E-state index contributed by atoms with van der Waals surface area (Å²) in [7, 11) is -6.00. The van der Waals surface area contributed by atoms with Gasteiger partial charge in [0.15, 0.2) is 0 Å². The van der Waals surface area contributed by atoms with Crippen molar-refractivity contribution < 1.29 is 22.8 Å². The molecular weight excluding hydrogens is 261 g/mol. The third-order valence-corrected chi connectivity index (χ3v) is 2.45. The minimum atomic E-state index is -6.00. The van der Waals surface area contributed by atoms with E-state index in [2.05, 4.69) is 36.0 Å². The van der Waals surface area contributed by atoms with Crippen LogP contribution < -0.4 is 10.4 Å². The first kappa shape index (κ1) is 17.4. The number of benzene rings is 1. The second-order valence-corrected chi connectivity index (χ2v) is 3.77. The maximum absolute atomic E-state index is 9.75. The summed E-state index contributed by atoms with van der Waals surface area (Å²) in [4.78, 5) is 2.30. The molecule has 8 heteroatoms. The molecule has 1 aromatic rings. The summed E-state index contributed by atoms with van der Waals surface area (Å²) in [5, 5.41) is 3.70. The molecular formula is C11H18BF4N3. The molecule has 0 saturated heterocycles. The summed E-state index contributed by atoms with van der Waals surface area (Å²) in [6, 6.07) is 6.15. The predicted molar refractivity (Wildman–Crippen MR) is 68.9 cm³/mol. The molecule has 0 spiro atoms. The Balaban J connectivity index is 0.000000555. The Bertz CT molecular complexity index is 399. The van der Waals surface area contributed by atoms with Crippen molar-refractivity contribution in [3.63, 3.8) is 0 Å². The number of nitrogens with two attached hydrogens (primary N) is 1. The SMILES string of the molecule is CCN(CC)c1ccc(N=[NH2+])c(C)c1.F[B-](F)(F)F. The molecule has 3 nitrogen and oxygen atoms in total. The van der Waals surface area contributed by atoms with Gasteiger partial charge >= 0.3 is 7.25 Å². The Morgan fingerprint density at radius 1 is 1.16 bits per heavy atom. The first-order chi connectivity index (χ1) is 8.72. The molecule has 0 atom stereocenters. The second-order valence-electron chi connectivity index (χ2n) is 3.77. The van der Waals surface area contributed by atoms with Crippen LogP contribution in [-0.2, 0) is 0 Å².